The number of hydrogen-bond donors (Lipinski definition) is 1. The minimum absolute atomic E-state index is 0.521. The Bertz CT molecular complexity index is 480. The van der Waals surface area contributed by atoms with Gasteiger partial charge in [0.15, 0.2) is 5.82 Å². The number of thiazole rings is 1. The second-order valence-corrected chi connectivity index (χ2v) is 4.97. The van der Waals surface area contributed by atoms with E-state index in [1.807, 2.05) is 18.5 Å². The Labute approximate surface area is 98.3 Å². The first kappa shape index (κ1) is 11.1. The van der Waals surface area contributed by atoms with E-state index in [-0.39, 0.29) is 0 Å². The third-order valence-electron chi connectivity index (χ3n) is 2.56. The van der Waals surface area contributed by atoms with Gasteiger partial charge in [0.25, 0.3) is 0 Å². The van der Waals surface area contributed by atoms with Crippen molar-refractivity contribution >= 4 is 17.2 Å². The second-order valence-electron chi connectivity index (χ2n) is 3.68. The van der Waals surface area contributed by atoms with Crippen LogP contribution in [0.5, 0.6) is 0 Å². The molecule has 16 heavy (non-hydrogen) atoms. The van der Waals surface area contributed by atoms with Gasteiger partial charge >= 0.3 is 0 Å². The van der Waals surface area contributed by atoms with Gasteiger partial charge in [0.05, 0.1) is 17.9 Å². The first-order valence-electron chi connectivity index (χ1n) is 5.22. The van der Waals surface area contributed by atoms with Gasteiger partial charge in [0, 0.05) is 4.88 Å². The van der Waals surface area contributed by atoms with Gasteiger partial charge in [0.2, 0.25) is 0 Å². The smallest absolute Gasteiger partial charge is 0.169 e. The zero-order valence-corrected chi connectivity index (χ0v) is 10.5. The Morgan fingerprint density at radius 2 is 2.12 bits per heavy atom. The molecule has 0 bridgehead atoms. The van der Waals surface area contributed by atoms with E-state index in [4.69, 9.17) is 5.73 Å². The molecule has 2 aromatic rings. The summed E-state index contributed by atoms with van der Waals surface area (Å²) in [4.78, 5) is 5.73. The van der Waals surface area contributed by atoms with E-state index in [0.29, 0.717) is 12.4 Å². The molecule has 0 atom stereocenters. The van der Waals surface area contributed by atoms with Crippen molar-refractivity contribution in [2.24, 2.45) is 0 Å². The molecule has 0 saturated heterocycles. The van der Waals surface area contributed by atoms with E-state index >= 15 is 0 Å². The summed E-state index contributed by atoms with van der Waals surface area (Å²) in [6, 6.07) is 0. The molecule has 0 amide bonds. The van der Waals surface area contributed by atoms with Gasteiger partial charge in [-0.15, -0.1) is 16.4 Å². The molecular formula is C10H15N5S. The van der Waals surface area contributed by atoms with Crippen molar-refractivity contribution in [2.75, 3.05) is 5.73 Å². The van der Waals surface area contributed by atoms with Gasteiger partial charge in [-0.05, 0) is 20.3 Å². The lowest BCUT2D eigenvalue weighted by Gasteiger charge is -2.01. The molecule has 0 aromatic carbocycles. The zero-order chi connectivity index (χ0) is 11.7. The highest BCUT2D eigenvalue weighted by Crippen LogP contribution is 2.18. The number of nitrogens with zero attached hydrogens (tertiary/aromatic N) is 4. The van der Waals surface area contributed by atoms with Gasteiger partial charge in [-0.25, -0.2) is 9.67 Å². The molecule has 0 aliphatic heterocycles. The van der Waals surface area contributed by atoms with E-state index in [1.165, 1.54) is 4.88 Å². The molecule has 2 rings (SSSR count). The molecule has 0 radical (unpaired) electrons. The van der Waals surface area contributed by atoms with Crippen LogP contribution in [0.1, 0.15) is 28.2 Å². The highest BCUT2D eigenvalue weighted by molar-refractivity contribution is 7.11. The molecule has 2 N–H and O–H groups in total. The molecule has 0 aliphatic rings. The normalized spacial score (nSPS) is 10.9. The minimum atomic E-state index is 0.521. The maximum atomic E-state index is 5.73. The molecule has 5 nitrogen and oxygen atoms in total. The van der Waals surface area contributed by atoms with E-state index in [2.05, 4.69) is 22.2 Å². The summed E-state index contributed by atoms with van der Waals surface area (Å²) in [6.07, 6.45) is 0.835. The first-order valence-corrected chi connectivity index (χ1v) is 6.04. The van der Waals surface area contributed by atoms with Crippen molar-refractivity contribution in [1.82, 2.24) is 20.0 Å². The average Bonchev–Trinajstić information content (AvgIpc) is 2.72. The monoisotopic (exact) mass is 237 g/mol. The molecule has 0 unspecified atom stereocenters. The highest BCUT2D eigenvalue weighted by Gasteiger charge is 2.11. The van der Waals surface area contributed by atoms with Crippen LogP contribution in [0.3, 0.4) is 0 Å². The molecule has 0 fully saturated rings. The van der Waals surface area contributed by atoms with Crippen LogP contribution in [0.2, 0.25) is 0 Å². The lowest BCUT2D eigenvalue weighted by Crippen LogP contribution is -2.06. The third-order valence-corrected chi connectivity index (χ3v) is 3.62. The number of aromatic nitrogens is 4. The molecule has 6 heteroatoms. The number of nitrogen functional groups attached to an aromatic ring is 1. The lowest BCUT2D eigenvalue weighted by molar-refractivity contribution is 0.619. The van der Waals surface area contributed by atoms with E-state index in [9.17, 15) is 0 Å². The maximum Gasteiger partial charge on any atom is 0.169 e. The van der Waals surface area contributed by atoms with Crippen LogP contribution in [0.4, 0.5) is 5.82 Å². The quantitative estimate of drug-likeness (QED) is 0.879. The molecule has 0 saturated carbocycles. The Morgan fingerprint density at radius 3 is 2.69 bits per heavy atom. The van der Waals surface area contributed by atoms with Gasteiger partial charge in [-0.1, -0.05) is 12.1 Å². The lowest BCUT2D eigenvalue weighted by atomic mass is 10.3. The fraction of sp³-hybridized carbons (Fsp3) is 0.500. The van der Waals surface area contributed by atoms with E-state index in [0.717, 1.165) is 22.8 Å². The van der Waals surface area contributed by atoms with Crippen LogP contribution in [0, 0.1) is 13.8 Å². The highest BCUT2D eigenvalue weighted by atomic mass is 32.1. The molecule has 0 spiro atoms. The summed E-state index contributed by atoms with van der Waals surface area (Å²) in [5.41, 5.74) is 7.80. The van der Waals surface area contributed by atoms with Crippen LogP contribution < -0.4 is 5.73 Å². The van der Waals surface area contributed by atoms with Crippen molar-refractivity contribution < 1.29 is 0 Å². The summed E-state index contributed by atoms with van der Waals surface area (Å²) >= 11 is 1.70. The summed E-state index contributed by atoms with van der Waals surface area (Å²) in [6.45, 7) is 6.80. The van der Waals surface area contributed by atoms with Crippen molar-refractivity contribution in [1.29, 1.82) is 0 Å². The molecule has 2 heterocycles. The minimum Gasteiger partial charge on any atom is -0.381 e. The van der Waals surface area contributed by atoms with Crippen molar-refractivity contribution in [3.05, 3.63) is 21.3 Å². The van der Waals surface area contributed by atoms with Crippen LogP contribution in [0.25, 0.3) is 0 Å². The van der Waals surface area contributed by atoms with Crippen molar-refractivity contribution in [3.8, 4) is 0 Å². The van der Waals surface area contributed by atoms with Crippen LogP contribution in [0.15, 0.2) is 0 Å². The Hall–Kier alpha value is -1.43. The van der Waals surface area contributed by atoms with Crippen molar-refractivity contribution in [2.45, 2.75) is 33.7 Å². The number of rotatable bonds is 3. The maximum absolute atomic E-state index is 5.73. The van der Waals surface area contributed by atoms with E-state index in [1.54, 1.807) is 11.3 Å². The standard InChI is InChI=1S/C10H15N5S/c1-4-8-10(11)13-14-15(8)5-9-12-6(2)7(3)16-9/h4-5,11H2,1-3H3. The predicted octanol–water partition coefficient (Wildman–Crippen LogP) is 1.54. The van der Waals surface area contributed by atoms with Crippen LogP contribution >= 0.6 is 11.3 Å². The molecule has 86 valence electrons. The van der Waals surface area contributed by atoms with Gasteiger partial charge in [-0.3, -0.25) is 0 Å². The third kappa shape index (κ3) is 1.92. The fourth-order valence-corrected chi connectivity index (χ4v) is 2.49. The largest absolute Gasteiger partial charge is 0.381 e. The molecule has 0 aliphatic carbocycles. The average molecular weight is 237 g/mol. The summed E-state index contributed by atoms with van der Waals surface area (Å²) in [7, 11) is 0. The number of hydrogen-bond acceptors (Lipinski definition) is 5. The molecule has 2 aromatic heterocycles. The number of anilines is 1. The fourth-order valence-electron chi connectivity index (χ4n) is 1.57. The summed E-state index contributed by atoms with van der Waals surface area (Å²) < 4.78 is 1.83. The van der Waals surface area contributed by atoms with Crippen molar-refractivity contribution in [3.63, 3.8) is 0 Å². The number of aryl methyl sites for hydroxylation is 2. The SMILES string of the molecule is CCc1c(N)nnn1Cc1nc(C)c(C)s1. The second kappa shape index (κ2) is 4.21. The van der Waals surface area contributed by atoms with E-state index < -0.39 is 0 Å². The Kier molecular flexibility index (Phi) is 2.91. The first-order chi connectivity index (χ1) is 7.61. The predicted molar refractivity (Wildman–Crippen MR) is 64.5 cm³/mol. The summed E-state index contributed by atoms with van der Waals surface area (Å²) in [5.74, 6) is 0.521. The summed E-state index contributed by atoms with van der Waals surface area (Å²) in [5, 5.41) is 8.96. The topological polar surface area (TPSA) is 69.6 Å². The van der Waals surface area contributed by atoms with Gasteiger partial charge < -0.3 is 5.73 Å². The molecular weight excluding hydrogens is 222 g/mol. The van der Waals surface area contributed by atoms with Crippen LogP contribution in [-0.2, 0) is 13.0 Å². The number of nitrogens with two attached hydrogens (primary N) is 1. The van der Waals surface area contributed by atoms with Gasteiger partial charge in [0.1, 0.15) is 5.01 Å². The van der Waals surface area contributed by atoms with Crippen LogP contribution in [-0.4, -0.2) is 20.0 Å². The Balaban J connectivity index is 2.26. The zero-order valence-electron chi connectivity index (χ0n) is 9.69. The van der Waals surface area contributed by atoms with Gasteiger partial charge in [-0.2, -0.15) is 0 Å². The Morgan fingerprint density at radius 1 is 1.38 bits per heavy atom.